The van der Waals surface area contributed by atoms with Gasteiger partial charge >= 0.3 is 11.9 Å². The summed E-state index contributed by atoms with van der Waals surface area (Å²) in [5, 5.41) is 36.7. The quantitative estimate of drug-likeness (QED) is 0.120. The summed E-state index contributed by atoms with van der Waals surface area (Å²) in [5.74, 6) is -10.1. The van der Waals surface area contributed by atoms with Crippen LogP contribution >= 0.6 is 0 Å². The first-order valence-electron chi connectivity index (χ1n) is 13.0. The Morgan fingerprint density at radius 3 is 2.16 bits per heavy atom. The lowest BCUT2D eigenvalue weighted by molar-refractivity contribution is 0.0696. The molecule has 6 N–H and O–H groups in total. The van der Waals surface area contributed by atoms with Crippen molar-refractivity contribution in [1.82, 2.24) is 9.88 Å². The number of nitrogens with two attached hydrogens (primary N) is 1. The van der Waals surface area contributed by atoms with Gasteiger partial charge in [-0.2, -0.15) is 13.8 Å². The molecule has 0 aliphatic carbocycles. The highest BCUT2D eigenvalue weighted by Gasteiger charge is 2.27. The minimum absolute atomic E-state index is 0.0149. The number of phenols is 1. The number of pyridine rings is 1. The van der Waals surface area contributed by atoms with E-state index in [2.05, 4.69) is 9.98 Å². The van der Waals surface area contributed by atoms with E-state index in [1.807, 2.05) is 11.9 Å². The lowest BCUT2D eigenvalue weighted by Crippen LogP contribution is -2.23. The van der Waals surface area contributed by atoms with Crippen molar-refractivity contribution in [3.63, 3.8) is 0 Å². The lowest BCUT2D eigenvalue weighted by Gasteiger charge is -2.17. The molecule has 13 nitrogen and oxygen atoms in total. The van der Waals surface area contributed by atoms with Gasteiger partial charge in [0, 0.05) is 24.7 Å². The van der Waals surface area contributed by atoms with Crippen molar-refractivity contribution in [1.29, 1.82) is 5.41 Å². The van der Waals surface area contributed by atoms with Crippen molar-refractivity contribution in [2.24, 2.45) is 10.7 Å². The molecule has 0 bridgehead atoms. The Balaban J connectivity index is 1.62. The molecule has 5 rings (SSSR count). The molecule has 0 atom stereocenters. The van der Waals surface area contributed by atoms with Crippen molar-refractivity contribution >= 4 is 23.6 Å². The van der Waals surface area contributed by atoms with E-state index in [0.717, 1.165) is 30.3 Å². The van der Waals surface area contributed by atoms with Gasteiger partial charge in [0.25, 0.3) is 11.8 Å². The topological polar surface area (TPSA) is 201 Å². The number of aromatic nitrogens is 1. The number of aromatic hydroxyl groups is 1. The van der Waals surface area contributed by atoms with Crippen molar-refractivity contribution in [2.75, 3.05) is 20.1 Å². The predicted molar refractivity (Wildman–Crippen MR) is 154 cm³/mol. The number of nitrogens with zero attached hydrogens (tertiary/aromatic N) is 3. The van der Waals surface area contributed by atoms with E-state index in [-0.39, 0.29) is 11.3 Å². The smallest absolute Gasteiger partial charge is 0.335 e. The molecule has 2 heterocycles. The van der Waals surface area contributed by atoms with Crippen LogP contribution in [0.1, 0.15) is 31.8 Å². The van der Waals surface area contributed by atoms with Crippen LogP contribution in [0.25, 0.3) is 0 Å². The van der Waals surface area contributed by atoms with Gasteiger partial charge in [-0.1, -0.05) is 12.1 Å². The zero-order valence-corrected chi connectivity index (χ0v) is 23.2. The number of amidine groups is 2. The monoisotopic (exact) mass is 619 g/mol. The molecule has 0 fully saturated rings. The maximum atomic E-state index is 15.9. The molecule has 1 aliphatic heterocycles. The molecule has 0 amide bonds. The first-order valence-corrected chi connectivity index (χ1v) is 13.0. The summed E-state index contributed by atoms with van der Waals surface area (Å²) in [4.78, 5) is 33.2. The minimum Gasteiger partial charge on any atom is -0.504 e. The highest BCUT2D eigenvalue weighted by molar-refractivity contribution is 6.00. The Bertz CT molecular complexity index is 1870. The molecule has 3 aromatic carbocycles. The standard InChI is InChI=1S/C30H23F2N5O8/c1-37-8-7-35-26(37)15-3-2-4-18(10-15)43-24-22(31)27(44-19-11-16(29(39)40)9-17(12-19)30(41)42)36-28(23(24)32)45-21-13-14(25(33)34)5-6-20(21)38/h2-6,9-13,38H,7-8H2,1H3,(H3,33,34)(H,39,40)(H,41,42). The van der Waals surface area contributed by atoms with Crippen LogP contribution in [0.4, 0.5) is 8.78 Å². The van der Waals surface area contributed by atoms with Gasteiger partial charge in [-0.3, -0.25) is 10.4 Å². The number of likely N-dealkylation sites (N-methyl/N-ethyl adjacent to an activating group) is 1. The number of aliphatic imine (C=N–C) groups is 1. The van der Waals surface area contributed by atoms with E-state index in [4.69, 9.17) is 25.4 Å². The van der Waals surface area contributed by atoms with Crippen LogP contribution in [0.15, 0.2) is 65.7 Å². The predicted octanol–water partition coefficient (Wildman–Crippen LogP) is 4.81. The second-order valence-electron chi connectivity index (χ2n) is 9.59. The van der Waals surface area contributed by atoms with E-state index < -0.39 is 75.3 Å². The summed E-state index contributed by atoms with van der Waals surface area (Å²) < 4.78 is 48.3. The van der Waals surface area contributed by atoms with Crippen LogP contribution in [0.5, 0.6) is 40.5 Å². The maximum Gasteiger partial charge on any atom is 0.335 e. The minimum atomic E-state index is -1.50. The Labute approximate surface area is 252 Å². The molecule has 0 spiro atoms. The molecule has 4 aromatic rings. The molecule has 1 aliphatic rings. The number of aromatic carboxylic acids is 2. The molecular formula is C30H23F2N5O8. The molecule has 0 saturated carbocycles. The largest absolute Gasteiger partial charge is 0.504 e. The zero-order valence-electron chi connectivity index (χ0n) is 23.2. The first-order chi connectivity index (χ1) is 21.4. The van der Waals surface area contributed by atoms with E-state index in [1.54, 1.807) is 12.1 Å². The Morgan fingerprint density at radius 1 is 0.889 bits per heavy atom. The lowest BCUT2D eigenvalue weighted by atomic mass is 10.1. The second kappa shape index (κ2) is 12.2. The van der Waals surface area contributed by atoms with Crippen LogP contribution in [0.3, 0.4) is 0 Å². The zero-order chi connectivity index (χ0) is 32.4. The van der Waals surface area contributed by atoms with Crippen LogP contribution < -0.4 is 19.9 Å². The fourth-order valence-electron chi connectivity index (χ4n) is 4.25. The average molecular weight is 620 g/mol. The summed E-state index contributed by atoms with van der Waals surface area (Å²) in [6, 6.07) is 12.5. The van der Waals surface area contributed by atoms with Crippen LogP contribution in [0, 0.1) is 17.0 Å². The van der Waals surface area contributed by atoms with Gasteiger partial charge in [-0.05, 0) is 48.5 Å². The van der Waals surface area contributed by atoms with Crippen LogP contribution in [-0.2, 0) is 0 Å². The Morgan fingerprint density at radius 2 is 1.56 bits per heavy atom. The molecule has 0 radical (unpaired) electrons. The SMILES string of the molecule is CN1CCN=C1c1cccc(Oc2c(F)c(Oc3cc(C(=O)O)cc(C(=O)O)c3)nc(Oc3cc(C(=N)N)ccc3O)c2F)c1. The summed E-state index contributed by atoms with van der Waals surface area (Å²) in [6.07, 6.45) is 0. The summed E-state index contributed by atoms with van der Waals surface area (Å²) >= 11 is 0. The number of nitrogens with one attached hydrogen (secondary N) is 1. The van der Waals surface area contributed by atoms with E-state index in [9.17, 15) is 24.9 Å². The summed E-state index contributed by atoms with van der Waals surface area (Å²) in [5.41, 5.74) is 5.21. The maximum absolute atomic E-state index is 15.9. The number of ether oxygens (including phenoxy) is 3. The van der Waals surface area contributed by atoms with Gasteiger partial charge in [0.1, 0.15) is 23.2 Å². The van der Waals surface area contributed by atoms with Crippen molar-refractivity contribution in [2.45, 2.75) is 0 Å². The van der Waals surface area contributed by atoms with Crippen LogP contribution in [0.2, 0.25) is 0 Å². The summed E-state index contributed by atoms with van der Waals surface area (Å²) in [7, 11) is 1.83. The van der Waals surface area contributed by atoms with Gasteiger partial charge in [0.15, 0.2) is 11.5 Å². The van der Waals surface area contributed by atoms with Gasteiger partial charge in [-0.15, -0.1) is 0 Å². The molecule has 0 unspecified atom stereocenters. The second-order valence-corrected chi connectivity index (χ2v) is 9.59. The molecule has 45 heavy (non-hydrogen) atoms. The fourth-order valence-corrected chi connectivity index (χ4v) is 4.25. The number of phenolic OH excluding ortho intramolecular Hbond substituents is 1. The summed E-state index contributed by atoms with van der Waals surface area (Å²) in [6.45, 7) is 1.25. The van der Waals surface area contributed by atoms with E-state index in [0.29, 0.717) is 24.5 Å². The fraction of sp³-hybridized carbons (Fsp3) is 0.100. The molecule has 230 valence electrons. The third-order valence-corrected chi connectivity index (χ3v) is 6.44. The Hall–Kier alpha value is -6.25. The number of carbonyl (C=O) groups is 2. The average Bonchev–Trinajstić information content (AvgIpc) is 3.44. The van der Waals surface area contributed by atoms with Gasteiger partial charge in [-0.25, -0.2) is 9.59 Å². The number of hydrogen-bond acceptors (Lipinski definition) is 10. The number of halogens is 2. The molecular weight excluding hydrogens is 596 g/mol. The van der Waals surface area contributed by atoms with Crippen LogP contribution in [-0.4, -0.2) is 69.0 Å². The highest BCUT2D eigenvalue weighted by atomic mass is 19.1. The van der Waals surface area contributed by atoms with Crippen molar-refractivity contribution < 1.29 is 47.9 Å². The van der Waals surface area contributed by atoms with Crippen molar-refractivity contribution in [3.8, 4) is 40.5 Å². The van der Waals surface area contributed by atoms with E-state index >= 15 is 8.78 Å². The van der Waals surface area contributed by atoms with Gasteiger partial charge in [0.2, 0.25) is 17.4 Å². The van der Waals surface area contributed by atoms with Gasteiger partial charge < -0.3 is 40.2 Å². The number of benzene rings is 3. The highest BCUT2D eigenvalue weighted by Crippen LogP contribution is 2.41. The third kappa shape index (κ3) is 6.41. The number of rotatable bonds is 10. The molecule has 15 heteroatoms. The van der Waals surface area contributed by atoms with Gasteiger partial charge in [0.05, 0.1) is 17.7 Å². The molecule has 1 aromatic heterocycles. The van der Waals surface area contributed by atoms with Crippen molar-refractivity contribution in [3.05, 3.63) is 94.6 Å². The number of carboxylic acid groups (broad SMARTS) is 2. The Kier molecular flexibility index (Phi) is 8.17. The first kappa shape index (κ1) is 30.2. The van der Waals surface area contributed by atoms with E-state index in [1.165, 1.54) is 18.2 Å². The number of nitrogen functional groups attached to an aromatic ring is 1. The normalized spacial score (nSPS) is 12.4. The number of hydrogen-bond donors (Lipinski definition) is 5. The number of carboxylic acids is 2. The third-order valence-electron chi connectivity index (χ3n) is 6.44. The molecule has 0 saturated heterocycles.